The second-order valence-electron chi connectivity index (χ2n) is 7.57. The van der Waals surface area contributed by atoms with Gasteiger partial charge in [-0.3, -0.25) is 4.98 Å². The Morgan fingerprint density at radius 3 is 2.66 bits per heavy atom. The standard InChI is InChI=1S/C20H24N6O2S/c1-13-8-17-18(9-14(13)2)24-19(16-4-3-6-22-10-16)25-20(17)26-11-15(12-26)5-7-23-29(21,27)28/h3-4,6,8-10,15,23H,5,7,11-12H2,1-2H3,(H2,21,27,28). The molecule has 0 saturated carbocycles. The van der Waals surface area contributed by atoms with E-state index in [0.717, 1.165) is 41.8 Å². The molecule has 1 aromatic carbocycles. The van der Waals surface area contributed by atoms with Crippen molar-refractivity contribution >= 4 is 26.9 Å². The number of hydrogen-bond acceptors (Lipinski definition) is 6. The van der Waals surface area contributed by atoms with Crippen molar-refractivity contribution in [3.8, 4) is 11.4 Å². The molecule has 2 aromatic heterocycles. The number of pyridine rings is 1. The number of nitrogens with zero attached hydrogens (tertiary/aromatic N) is 4. The first kappa shape index (κ1) is 19.7. The fourth-order valence-corrected chi connectivity index (χ4v) is 3.97. The number of aromatic nitrogens is 3. The SMILES string of the molecule is Cc1cc2nc(-c3cccnc3)nc(N3CC(CCNS(N)(=O)=O)C3)c2cc1C. The summed E-state index contributed by atoms with van der Waals surface area (Å²) in [5, 5.41) is 6.02. The zero-order valence-electron chi connectivity index (χ0n) is 16.5. The lowest BCUT2D eigenvalue weighted by Crippen LogP contribution is -2.48. The van der Waals surface area contributed by atoms with Crippen molar-refractivity contribution in [2.45, 2.75) is 20.3 Å². The molecule has 0 amide bonds. The number of fused-ring (bicyclic) bond motifs is 1. The minimum absolute atomic E-state index is 0.348. The lowest BCUT2D eigenvalue weighted by molar-refractivity contribution is 0.382. The number of rotatable bonds is 6. The van der Waals surface area contributed by atoms with Crippen molar-refractivity contribution in [1.82, 2.24) is 19.7 Å². The predicted molar refractivity (Wildman–Crippen MR) is 114 cm³/mol. The quantitative estimate of drug-likeness (QED) is 0.639. The maximum absolute atomic E-state index is 11.0. The Bertz CT molecular complexity index is 1140. The zero-order valence-corrected chi connectivity index (χ0v) is 17.3. The van der Waals surface area contributed by atoms with Crippen LogP contribution in [0.1, 0.15) is 17.5 Å². The molecule has 152 valence electrons. The third-order valence-corrected chi connectivity index (χ3v) is 5.93. The Kier molecular flexibility index (Phi) is 5.20. The van der Waals surface area contributed by atoms with E-state index in [1.807, 2.05) is 12.1 Å². The fraction of sp³-hybridized carbons (Fsp3) is 0.350. The molecule has 0 spiro atoms. The molecule has 3 N–H and O–H groups in total. The average Bonchev–Trinajstić information content (AvgIpc) is 2.64. The smallest absolute Gasteiger partial charge is 0.274 e. The van der Waals surface area contributed by atoms with Gasteiger partial charge in [0.05, 0.1) is 5.52 Å². The third-order valence-electron chi connectivity index (χ3n) is 5.32. The van der Waals surface area contributed by atoms with Gasteiger partial charge in [0.15, 0.2) is 5.82 Å². The van der Waals surface area contributed by atoms with Crippen molar-refractivity contribution in [1.29, 1.82) is 0 Å². The number of nitrogens with one attached hydrogen (secondary N) is 1. The number of nitrogens with two attached hydrogens (primary N) is 1. The molecule has 1 aliphatic rings. The molecule has 8 nitrogen and oxygen atoms in total. The van der Waals surface area contributed by atoms with Gasteiger partial charge in [-0.15, -0.1) is 0 Å². The number of hydrogen-bond donors (Lipinski definition) is 2. The van der Waals surface area contributed by atoms with Crippen LogP contribution < -0.4 is 14.8 Å². The largest absolute Gasteiger partial charge is 0.355 e. The van der Waals surface area contributed by atoms with E-state index in [9.17, 15) is 8.42 Å². The number of aryl methyl sites for hydroxylation is 2. The van der Waals surface area contributed by atoms with Crippen molar-refractivity contribution in [3.05, 3.63) is 47.8 Å². The van der Waals surface area contributed by atoms with E-state index in [1.54, 1.807) is 12.4 Å². The van der Waals surface area contributed by atoms with E-state index < -0.39 is 10.2 Å². The lowest BCUT2D eigenvalue weighted by atomic mass is 9.95. The van der Waals surface area contributed by atoms with Crippen LogP contribution in [0.4, 0.5) is 5.82 Å². The maximum Gasteiger partial charge on any atom is 0.274 e. The van der Waals surface area contributed by atoms with Crippen molar-refractivity contribution in [2.24, 2.45) is 11.1 Å². The Hall–Kier alpha value is -2.62. The van der Waals surface area contributed by atoms with E-state index in [2.05, 4.69) is 40.6 Å². The van der Waals surface area contributed by atoms with Crippen LogP contribution >= 0.6 is 0 Å². The van der Waals surface area contributed by atoms with Gasteiger partial charge in [0.25, 0.3) is 10.2 Å². The zero-order chi connectivity index (χ0) is 20.6. The molecule has 4 rings (SSSR count). The Labute approximate surface area is 170 Å². The van der Waals surface area contributed by atoms with E-state index >= 15 is 0 Å². The molecule has 1 fully saturated rings. The molecule has 1 aliphatic heterocycles. The van der Waals surface area contributed by atoms with E-state index in [1.165, 1.54) is 11.1 Å². The molecular formula is C20H24N6O2S. The average molecular weight is 413 g/mol. The highest BCUT2D eigenvalue weighted by Crippen LogP contribution is 2.33. The first-order valence-electron chi connectivity index (χ1n) is 9.52. The first-order chi connectivity index (χ1) is 13.8. The van der Waals surface area contributed by atoms with E-state index in [4.69, 9.17) is 15.1 Å². The molecule has 3 heterocycles. The molecule has 0 aliphatic carbocycles. The first-order valence-corrected chi connectivity index (χ1v) is 11.1. The van der Waals surface area contributed by atoms with E-state index in [-0.39, 0.29) is 0 Å². The highest BCUT2D eigenvalue weighted by molar-refractivity contribution is 7.87. The second-order valence-corrected chi connectivity index (χ2v) is 8.94. The molecule has 29 heavy (non-hydrogen) atoms. The van der Waals surface area contributed by atoms with Gasteiger partial charge >= 0.3 is 0 Å². The minimum atomic E-state index is -3.63. The van der Waals surface area contributed by atoms with Crippen molar-refractivity contribution in [2.75, 3.05) is 24.5 Å². The minimum Gasteiger partial charge on any atom is -0.355 e. The number of benzene rings is 1. The summed E-state index contributed by atoms with van der Waals surface area (Å²) in [4.78, 5) is 16.0. The molecule has 0 radical (unpaired) electrons. The van der Waals surface area contributed by atoms with E-state index in [0.29, 0.717) is 18.3 Å². The Morgan fingerprint density at radius 1 is 1.21 bits per heavy atom. The Balaban J connectivity index is 1.62. The van der Waals surface area contributed by atoms with Crippen LogP contribution in [-0.4, -0.2) is 43.0 Å². The topological polar surface area (TPSA) is 114 Å². The van der Waals surface area contributed by atoms with Crippen LogP contribution in [0.5, 0.6) is 0 Å². The third kappa shape index (κ3) is 4.36. The summed E-state index contributed by atoms with van der Waals surface area (Å²) in [5.74, 6) is 1.96. The predicted octanol–water partition coefficient (Wildman–Crippen LogP) is 1.93. The van der Waals surface area contributed by atoms with Crippen LogP contribution in [0.2, 0.25) is 0 Å². The summed E-state index contributed by atoms with van der Waals surface area (Å²) in [5.41, 5.74) is 4.18. The van der Waals surface area contributed by atoms with Crippen molar-refractivity contribution < 1.29 is 8.42 Å². The summed E-state index contributed by atoms with van der Waals surface area (Å²) in [6.07, 6.45) is 4.24. The van der Waals surface area contributed by atoms with Crippen LogP contribution in [0.15, 0.2) is 36.7 Å². The van der Waals surface area contributed by atoms with Gasteiger partial charge in [-0.25, -0.2) is 19.8 Å². The van der Waals surface area contributed by atoms with Crippen molar-refractivity contribution in [3.63, 3.8) is 0 Å². The molecule has 9 heteroatoms. The summed E-state index contributed by atoms with van der Waals surface area (Å²) < 4.78 is 24.4. The molecule has 3 aromatic rings. The fourth-order valence-electron chi connectivity index (χ4n) is 3.57. The Morgan fingerprint density at radius 2 is 1.97 bits per heavy atom. The van der Waals surface area contributed by atoms with Crippen LogP contribution in [0.3, 0.4) is 0 Å². The van der Waals surface area contributed by atoms with Crippen LogP contribution in [0, 0.1) is 19.8 Å². The highest BCUT2D eigenvalue weighted by atomic mass is 32.2. The van der Waals surface area contributed by atoms with Gasteiger partial charge in [-0.1, -0.05) is 0 Å². The normalized spacial score (nSPS) is 14.9. The lowest BCUT2D eigenvalue weighted by Gasteiger charge is -2.41. The second kappa shape index (κ2) is 7.66. The van der Waals surface area contributed by atoms with Gasteiger partial charge in [0.1, 0.15) is 5.82 Å². The highest BCUT2D eigenvalue weighted by Gasteiger charge is 2.29. The van der Waals surface area contributed by atoms with Gasteiger partial charge in [-0.05, 0) is 61.6 Å². The van der Waals surface area contributed by atoms with Gasteiger partial charge < -0.3 is 4.90 Å². The van der Waals surface area contributed by atoms with Gasteiger partial charge in [0.2, 0.25) is 0 Å². The molecule has 0 unspecified atom stereocenters. The van der Waals surface area contributed by atoms with Gasteiger partial charge in [-0.2, -0.15) is 8.42 Å². The number of anilines is 1. The van der Waals surface area contributed by atoms with Crippen LogP contribution in [0.25, 0.3) is 22.3 Å². The summed E-state index contributed by atoms with van der Waals surface area (Å²) in [6, 6.07) is 8.07. The van der Waals surface area contributed by atoms with Crippen LogP contribution in [-0.2, 0) is 10.2 Å². The summed E-state index contributed by atoms with van der Waals surface area (Å²) in [7, 11) is -3.63. The van der Waals surface area contributed by atoms with Gasteiger partial charge in [0, 0.05) is 43.0 Å². The summed E-state index contributed by atoms with van der Waals surface area (Å²) in [6.45, 7) is 6.15. The maximum atomic E-state index is 11.0. The molecule has 0 bridgehead atoms. The molecule has 0 atom stereocenters. The molecular weight excluding hydrogens is 388 g/mol. The summed E-state index contributed by atoms with van der Waals surface area (Å²) >= 11 is 0. The monoisotopic (exact) mass is 412 g/mol. The molecule has 1 saturated heterocycles.